The summed E-state index contributed by atoms with van der Waals surface area (Å²) in [4.78, 5) is 12.8. The molecule has 1 fully saturated rings. The van der Waals surface area contributed by atoms with Crippen molar-refractivity contribution in [2.24, 2.45) is 33.9 Å². The Bertz CT molecular complexity index is 755. The van der Waals surface area contributed by atoms with E-state index in [1.807, 2.05) is 26.8 Å². The van der Waals surface area contributed by atoms with Crippen LogP contribution < -0.4 is 0 Å². The SMILES string of the molecule is CC1=C[C@H]2[C@@]3(O)[C@H](C)CC4N=NC(C)(C)[C@H]4[C@@H]3C=C(CO)C[C@]2(O)C1=O. The molecule has 0 spiro atoms. The minimum Gasteiger partial charge on any atom is -0.392 e. The largest absolute Gasteiger partial charge is 0.392 e. The van der Waals surface area contributed by atoms with E-state index in [-0.39, 0.29) is 42.6 Å². The third-order valence-electron chi connectivity index (χ3n) is 7.30. The van der Waals surface area contributed by atoms with Gasteiger partial charge in [-0.25, -0.2) is 0 Å². The van der Waals surface area contributed by atoms with Gasteiger partial charge >= 0.3 is 0 Å². The summed E-state index contributed by atoms with van der Waals surface area (Å²) >= 11 is 0. The van der Waals surface area contributed by atoms with Gasteiger partial charge in [0.2, 0.25) is 0 Å². The molecule has 6 nitrogen and oxygen atoms in total. The highest BCUT2D eigenvalue weighted by molar-refractivity contribution is 6.04. The predicted molar refractivity (Wildman–Crippen MR) is 95.4 cm³/mol. The van der Waals surface area contributed by atoms with E-state index < -0.39 is 22.7 Å². The Kier molecular flexibility index (Phi) is 3.70. The number of nitrogens with zero attached hydrogens (tertiary/aromatic N) is 2. The van der Waals surface area contributed by atoms with Crippen molar-refractivity contribution in [1.29, 1.82) is 0 Å². The number of azo groups is 1. The van der Waals surface area contributed by atoms with Gasteiger partial charge in [0.05, 0.1) is 23.8 Å². The Balaban J connectivity index is 1.93. The summed E-state index contributed by atoms with van der Waals surface area (Å²) in [5.74, 6) is -1.57. The van der Waals surface area contributed by atoms with E-state index in [4.69, 9.17) is 0 Å². The highest BCUT2D eigenvalue weighted by atomic mass is 16.3. The van der Waals surface area contributed by atoms with Gasteiger partial charge in [-0.15, -0.1) is 0 Å². The predicted octanol–water partition coefficient (Wildman–Crippen LogP) is 1.80. The summed E-state index contributed by atoms with van der Waals surface area (Å²) in [6.07, 6.45) is 4.37. The molecule has 0 aromatic rings. The molecule has 26 heavy (non-hydrogen) atoms. The molecule has 4 aliphatic rings. The first-order valence-electron chi connectivity index (χ1n) is 9.46. The molecule has 0 radical (unpaired) electrons. The number of hydrogen-bond acceptors (Lipinski definition) is 6. The molecule has 6 heteroatoms. The van der Waals surface area contributed by atoms with Crippen LogP contribution in [0.5, 0.6) is 0 Å². The van der Waals surface area contributed by atoms with Gasteiger partial charge in [-0.05, 0) is 44.3 Å². The summed E-state index contributed by atoms with van der Waals surface area (Å²) in [6.45, 7) is 7.45. The number of carbonyl (C=O) groups excluding carboxylic acids is 1. The Morgan fingerprint density at radius 3 is 2.62 bits per heavy atom. The molecular formula is C20H28N2O4. The van der Waals surface area contributed by atoms with Crippen molar-refractivity contribution in [2.75, 3.05) is 6.61 Å². The zero-order chi connectivity index (χ0) is 19.1. The van der Waals surface area contributed by atoms with Crippen molar-refractivity contribution < 1.29 is 20.1 Å². The zero-order valence-electron chi connectivity index (χ0n) is 15.8. The van der Waals surface area contributed by atoms with Gasteiger partial charge in [0.15, 0.2) is 5.78 Å². The lowest BCUT2D eigenvalue weighted by molar-refractivity contribution is -0.178. The van der Waals surface area contributed by atoms with E-state index in [0.717, 1.165) is 0 Å². The Morgan fingerprint density at radius 2 is 1.96 bits per heavy atom. The quantitative estimate of drug-likeness (QED) is 0.621. The van der Waals surface area contributed by atoms with Gasteiger partial charge in [0.25, 0.3) is 0 Å². The molecule has 0 saturated heterocycles. The number of hydrogen-bond donors (Lipinski definition) is 3. The highest BCUT2D eigenvalue weighted by Gasteiger charge is 2.67. The molecule has 0 amide bonds. The van der Waals surface area contributed by atoms with Crippen molar-refractivity contribution in [3.8, 4) is 0 Å². The average molecular weight is 360 g/mol. The second kappa shape index (κ2) is 5.33. The molecule has 1 heterocycles. The number of fused-ring (bicyclic) bond motifs is 5. The number of rotatable bonds is 1. The lowest BCUT2D eigenvalue weighted by Gasteiger charge is -2.54. The van der Waals surface area contributed by atoms with Crippen LogP contribution >= 0.6 is 0 Å². The van der Waals surface area contributed by atoms with Crippen LogP contribution in [0.3, 0.4) is 0 Å². The van der Waals surface area contributed by atoms with Crippen LogP contribution in [0.15, 0.2) is 33.5 Å². The van der Waals surface area contributed by atoms with Crippen molar-refractivity contribution in [1.82, 2.24) is 0 Å². The van der Waals surface area contributed by atoms with Gasteiger partial charge in [-0.3, -0.25) is 4.79 Å². The van der Waals surface area contributed by atoms with Crippen molar-refractivity contribution >= 4 is 5.78 Å². The molecule has 0 aromatic carbocycles. The number of Topliss-reactive ketones (excluding diaryl/α,β-unsaturated/α-hetero) is 1. The third kappa shape index (κ3) is 2.06. The van der Waals surface area contributed by atoms with E-state index in [2.05, 4.69) is 10.2 Å². The third-order valence-corrected chi connectivity index (χ3v) is 7.30. The first-order chi connectivity index (χ1) is 12.1. The summed E-state index contributed by atoms with van der Waals surface area (Å²) in [6, 6.07) is 0.00911. The van der Waals surface area contributed by atoms with Crippen molar-refractivity contribution in [3.05, 3.63) is 23.3 Å². The van der Waals surface area contributed by atoms with Gasteiger partial charge in [-0.1, -0.05) is 19.1 Å². The average Bonchev–Trinajstić information content (AvgIpc) is 2.95. The fourth-order valence-corrected chi connectivity index (χ4v) is 6.04. The fraction of sp³-hybridized carbons (Fsp3) is 0.750. The van der Waals surface area contributed by atoms with Crippen LogP contribution in [-0.2, 0) is 4.79 Å². The first kappa shape index (κ1) is 18.0. The highest BCUT2D eigenvalue weighted by Crippen LogP contribution is 2.59. The molecule has 142 valence electrons. The van der Waals surface area contributed by atoms with Crippen LogP contribution in [0.2, 0.25) is 0 Å². The van der Waals surface area contributed by atoms with E-state index >= 15 is 0 Å². The molecular weight excluding hydrogens is 332 g/mol. The Hall–Kier alpha value is -1.37. The molecule has 1 aliphatic heterocycles. The number of aliphatic hydroxyl groups excluding tert-OH is 1. The number of ketones is 1. The summed E-state index contributed by atoms with van der Waals surface area (Å²) in [7, 11) is 0. The maximum Gasteiger partial charge on any atom is 0.190 e. The van der Waals surface area contributed by atoms with E-state index in [1.54, 1.807) is 13.0 Å². The minimum absolute atomic E-state index is 0.00911. The topological polar surface area (TPSA) is 102 Å². The molecule has 1 saturated carbocycles. The molecule has 0 bridgehead atoms. The maximum absolute atomic E-state index is 12.8. The monoisotopic (exact) mass is 360 g/mol. The molecule has 3 aliphatic carbocycles. The molecule has 7 atom stereocenters. The Labute approximate surface area is 153 Å². The first-order valence-corrected chi connectivity index (χ1v) is 9.46. The molecule has 3 N–H and O–H groups in total. The molecule has 4 rings (SSSR count). The molecule has 1 unspecified atom stereocenters. The lowest BCUT2D eigenvalue weighted by atomic mass is 9.53. The lowest BCUT2D eigenvalue weighted by Crippen LogP contribution is -2.64. The second-order valence-corrected chi connectivity index (χ2v) is 9.25. The summed E-state index contributed by atoms with van der Waals surface area (Å²) in [5.41, 5.74) is -2.33. The van der Waals surface area contributed by atoms with Gasteiger partial charge in [-0.2, -0.15) is 10.2 Å². The smallest absolute Gasteiger partial charge is 0.190 e. The fourth-order valence-electron chi connectivity index (χ4n) is 6.04. The van der Waals surface area contributed by atoms with Crippen LogP contribution in [0.4, 0.5) is 0 Å². The number of carbonyl (C=O) groups is 1. The van der Waals surface area contributed by atoms with Gasteiger partial charge in [0.1, 0.15) is 5.60 Å². The van der Waals surface area contributed by atoms with Crippen LogP contribution in [0.25, 0.3) is 0 Å². The standard InChI is InChI=1S/C20H28N2O4/c1-10-5-15-19(25,17(10)24)8-12(9-23)7-13-16-14(21-22-18(16,3)4)6-11(2)20(13,15)26/h5,7,11,13-16,23,25-26H,6,8-9H2,1-4H3/t11-,13+,14?,15-,16+,19-,20-/m1/s1. The van der Waals surface area contributed by atoms with Gasteiger partial charge in [0, 0.05) is 24.2 Å². The van der Waals surface area contributed by atoms with Gasteiger partial charge < -0.3 is 15.3 Å². The van der Waals surface area contributed by atoms with Crippen LogP contribution in [0.1, 0.15) is 40.5 Å². The Morgan fingerprint density at radius 1 is 1.27 bits per heavy atom. The van der Waals surface area contributed by atoms with Crippen LogP contribution in [0, 0.1) is 23.7 Å². The molecule has 0 aromatic heterocycles. The van der Waals surface area contributed by atoms with Crippen molar-refractivity contribution in [3.63, 3.8) is 0 Å². The van der Waals surface area contributed by atoms with E-state index in [9.17, 15) is 20.1 Å². The van der Waals surface area contributed by atoms with Crippen LogP contribution in [-0.4, -0.2) is 50.5 Å². The maximum atomic E-state index is 12.8. The van der Waals surface area contributed by atoms with E-state index in [0.29, 0.717) is 17.6 Å². The minimum atomic E-state index is -1.69. The van der Waals surface area contributed by atoms with Crippen molar-refractivity contribution in [2.45, 2.75) is 63.3 Å². The normalized spacial score (nSPS) is 49.0. The summed E-state index contributed by atoms with van der Waals surface area (Å²) < 4.78 is 0. The summed E-state index contributed by atoms with van der Waals surface area (Å²) in [5, 5.41) is 42.2. The number of aliphatic hydroxyl groups is 3. The van der Waals surface area contributed by atoms with E-state index in [1.165, 1.54) is 0 Å². The second-order valence-electron chi connectivity index (χ2n) is 9.25. The zero-order valence-corrected chi connectivity index (χ0v) is 15.8.